The molecule has 10 heteroatoms. The van der Waals surface area contributed by atoms with Gasteiger partial charge in [0.05, 0.1) is 6.04 Å². The number of benzene rings is 2. The third-order valence-corrected chi connectivity index (χ3v) is 5.72. The van der Waals surface area contributed by atoms with E-state index in [1.54, 1.807) is 21.1 Å². The van der Waals surface area contributed by atoms with Crippen LogP contribution >= 0.6 is 0 Å². The summed E-state index contributed by atoms with van der Waals surface area (Å²) in [5.41, 5.74) is 1.00. The molecular weight excluding hydrogens is 441 g/mol. The van der Waals surface area contributed by atoms with Crippen LogP contribution in [0.25, 0.3) is 0 Å². The van der Waals surface area contributed by atoms with E-state index in [1.807, 2.05) is 30.3 Å². The molecular formula is C24H24FN5O4. The molecule has 0 aliphatic carbocycles. The van der Waals surface area contributed by atoms with Crippen LogP contribution in [0, 0.1) is 5.82 Å². The summed E-state index contributed by atoms with van der Waals surface area (Å²) < 4.78 is 15.1. The Morgan fingerprint density at radius 3 is 2.59 bits per heavy atom. The Morgan fingerprint density at radius 1 is 1.21 bits per heavy atom. The molecule has 1 aromatic heterocycles. The van der Waals surface area contributed by atoms with Gasteiger partial charge in [0.2, 0.25) is 0 Å². The second kappa shape index (κ2) is 8.97. The van der Waals surface area contributed by atoms with E-state index in [4.69, 9.17) is 0 Å². The minimum Gasteiger partial charge on any atom is -0.504 e. The van der Waals surface area contributed by atoms with Crippen LogP contribution in [0.3, 0.4) is 0 Å². The highest BCUT2D eigenvalue weighted by Crippen LogP contribution is 2.33. The molecule has 176 valence electrons. The number of hydrogen-bond acceptors (Lipinski definition) is 5. The summed E-state index contributed by atoms with van der Waals surface area (Å²) in [6.45, 7) is 0.217. The van der Waals surface area contributed by atoms with Crippen LogP contribution < -0.4 is 5.32 Å². The molecule has 4 rings (SSSR count). The fraction of sp³-hybridized carbons (Fsp3) is 0.250. The van der Waals surface area contributed by atoms with Gasteiger partial charge < -0.3 is 20.2 Å². The maximum atomic E-state index is 13.7. The summed E-state index contributed by atoms with van der Waals surface area (Å²) in [5.74, 6) is -2.68. The molecule has 1 unspecified atom stereocenters. The number of likely N-dealkylation sites (N-methyl/N-ethyl adjacent to an activating group) is 1. The quantitative estimate of drug-likeness (QED) is 0.600. The highest BCUT2D eigenvalue weighted by atomic mass is 19.1. The normalized spacial score (nSPS) is 15.1. The number of amides is 3. The number of nitrogens with one attached hydrogen (secondary N) is 1. The maximum Gasteiger partial charge on any atom is 0.275 e. The van der Waals surface area contributed by atoms with Crippen molar-refractivity contribution in [3.63, 3.8) is 0 Å². The van der Waals surface area contributed by atoms with Crippen molar-refractivity contribution >= 4 is 17.7 Å². The van der Waals surface area contributed by atoms with Crippen molar-refractivity contribution in [2.75, 3.05) is 27.7 Å². The topological polar surface area (TPSA) is 108 Å². The number of carbonyl (C=O) groups is 3. The van der Waals surface area contributed by atoms with E-state index in [-0.39, 0.29) is 29.5 Å². The second-order valence-electron chi connectivity index (χ2n) is 8.29. The molecule has 2 N–H and O–H groups in total. The minimum atomic E-state index is -0.728. The molecule has 3 amide bonds. The number of rotatable bonds is 5. The Labute approximate surface area is 195 Å². The zero-order valence-electron chi connectivity index (χ0n) is 18.9. The summed E-state index contributed by atoms with van der Waals surface area (Å²) in [5, 5.41) is 17.6. The number of aromatic nitrogens is 2. The average Bonchev–Trinajstić information content (AvgIpc) is 3.17. The van der Waals surface area contributed by atoms with Gasteiger partial charge in [-0.05, 0) is 23.3 Å². The van der Waals surface area contributed by atoms with Crippen molar-refractivity contribution < 1.29 is 23.9 Å². The van der Waals surface area contributed by atoms with Gasteiger partial charge in [-0.3, -0.25) is 14.4 Å². The molecule has 0 fully saturated rings. The first-order valence-corrected chi connectivity index (χ1v) is 10.6. The third-order valence-electron chi connectivity index (χ3n) is 5.72. The van der Waals surface area contributed by atoms with Crippen LogP contribution in [0.5, 0.6) is 5.75 Å². The highest BCUT2D eigenvalue weighted by molar-refractivity contribution is 6.02. The number of halogens is 1. The summed E-state index contributed by atoms with van der Waals surface area (Å²) in [6, 6.07) is 12.7. The predicted octanol–water partition coefficient (Wildman–Crippen LogP) is 2.03. The molecule has 34 heavy (non-hydrogen) atoms. The second-order valence-corrected chi connectivity index (χ2v) is 8.29. The standard InChI is InChI=1S/C24H24FN5O4/c1-28(2)23(33)17-11-16(25)10-9-15(17)12-26-22(32)19-21(31)20-24(34)29(3)13-18(30(20)27-19)14-7-5-4-6-8-14/h4-11,18,31H,12-13H2,1-3H3,(H,26,32). The molecule has 1 aliphatic rings. The fourth-order valence-electron chi connectivity index (χ4n) is 3.93. The lowest BCUT2D eigenvalue weighted by Gasteiger charge is -2.31. The van der Waals surface area contributed by atoms with Crippen molar-refractivity contribution in [3.05, 3.63) is 82.4 Å². The first kappa shape index (κ1) is 23.0. The van der Waals surface area contributed by atoms with E-state index in [1.165, 1.54) is 26.6 Å². The van der Waals surface area contributed by atoms with Gasteiger partial charge in [-0.15, -0.1) is 0 Å². The maximum absolute atomic E-state index is 13.7. The summed E-state index contributed by atoms with van der Waals surface area (Å²) in [6.07, 6.45) is 0. The minimum absolute atomic E-state index is 0.0713. The van der Waals surface area contributed by atoms with Crippen LogP contribution in [0.2, 0.25) is 0 Å². The zero-order chi connectivity index (χ0) is 24.6. The predicted molar refractivity (Wildman–Crippen MR) is 121 cm³/mol. The lowest BCUT2D eigenvalue weighted by molar-refractivity contribution is 0.0719. The van der Waals surface area contributed by atoms with Gasteiger partial charge in [0.25, 0.3) is 17.7 Å². The monoisotopic (exact) mass is 465 g/mol. The number of fused-ring (bicyclic) bond motifs is 1. The van der Waals surface area contributed by atoms with E-state index in [2.05, 4.69) is 10.4 Å². The molecule has 0 spiro atoms. The lowest BCUT2D eigenvalue weighted by Crippen LogP contribution is -2.41. The van der Waals surface area contributed by atoms with Crippen molar-refractivity contribution in [3.8, 4) is 5.75 Å². The van der Waals surface area contributed by atoms with Crippen molar-refractivity contribution in [2.24, 2.45) is 0 Å². The fourth-order valence-corrected chi connectivity index (χ4v) is 3.93. The molecule has 1 aliphatic heterocycles. The van der Waals surface area contributed by atoms with Crippen LogP contribution in [-0.2, 0) is 6.54 Å². The van der Waals surface area contributed by atoms with Crippen molar-refractivity contribution in [1.29, 1.82) is 0 Å². The molecule has 0 saturated carbocycles. The molecule has 3 aromatic rings. The number of hydrogen-bond donors (Lipinski definition) is 2. The number of carbonyl (C=O) groups excluding carboxylic acids is 3. The van der Waals surface area contributed by atoms with E-state index in [0.29, 0.717) is 12.1 Å². The Morgan fingerprint density at radius 2 is 1.91 bits per heavy atom. The molecule has 0 radical (unpaired) electrons. The van der Waals surface area contributed by atoms with Gasteiger partial charge in [-0.25, -0.2) is 9.07 Å². The smallest absolute Gasteiger partial charge is 0.275 e. The van der Waals surface area contributed by atoms with Gasteiger partial charge >= 0.3 is 0 Å². The Hall–Kier alpha value is -4.21. The highest BCUT2D eigenvalue weighted by Gasteiger charge is 2.37. The van der Waals surface area contributed by atoms with Gasteiger partial charge in [0.1, 0.15) is 5.82 Å². The van der Waals surface area contributed by atoms with Gasteiger partial charge in [0.15, 0.2) is 17.1 Å². The molecule has 1 atom stereocenters. The largest absolute Gasteiger partial charge is 0.504 e. The lowest BCUT2D eigenvalue weighted by atomic mass is 10.0. The van der Waals surface area contributed by atoms with Crippen molar-refractivity contribution in [1.82, 2.24) is 24.9 Å². The van der Waals surface area contributed by atoms with E-state index in [0.717, 1.165) is 11.6 Å². The first-order chi connectivity index (χ1) is 16.2. The average molecular weight is 465 g/mol. The van der Waals surface area contributed by atoms with Gasteiger partial charge in [-0.2, -0.15) is 5.10 Å². The van der Waals surface area contributed by atoms with E-state index < -0.39 is 29.3 Å². The summed E-state index contributed by atoms with van der Waals surface area (Å²) in [4.78, 5) is 40.8. The molecule has 0 saturated heterocycles. The number of nitrogens with zero attached hydrogens (tertiary/aromatic N) is 4. The van der Waals surface area contributed by atoms with E-state index >= 15 is 0 Å². The summed E-state index contributed by atoms with van der Waals surface area (Å²) >= 11 is 0. The van der Waals surface area contributed by atoms with Crippen molar-refractivity contribution in [2.45, 2.75) is 12.6 Å². The zero-order valence-corrected chi connectivity index (χ0v) is 18.9. The van der Waals surface area contributed by atoms with Crippen LogP contribution in [-0.4, -0.2) is 70.1 Å². The van der Waals surface area contributed by atoms with Gasteiger partial charge in [-0.1, -0.05) is 36.4 Å². The van der Waals surface area contributed by atoms with Crippen LogP contribution in [0.1, 0.15) is 48.5 Å². The molecule has 2 aromatic carbocycles. The molecule has 0 bridgehead atoms. The Bertz CT molecular complexity index is 1270. The molecule has 9 nitrogen and oxygen atoms in total. The van der Waals surface area contributed by atoms with Crippen LogP contribution in [0.4, 0.5) is 4.39 Å². The molecule has 2 heterocycles. The Kier molecular flexibility index (Phi) is 6.06. The third kappa shape index (κ3) is 4.09. The first-order valence-electron chi connectivity index (χ1n) is 10.6. The summed E-state index contributed by atoms with van der Waals surface area (Å²) in [7, 11) is 4.70. The Balaban J connectivity index is 1.64. The van der Waals surface area contributed by atoms with Crippen LogP contribution in [0.15, 0.2) is 48.5 Å². The number of aromatic hydroxyl groups is 1. The SMILES string of the molecule is CN(C)C(=O)c1cc(F)ccc1CNC(=O)c1nn2c(c1O)C(=O)N(C)CC2c1ccccc1. The van der Waals surface area contributed by atoms with Gasteiger partial charge in [0, 0.05) is 39.8 Å². The van der Waals surface area contributed by atoms with E-state index in [9.17, 15) is 23.9 Å².